The molecular weight excluding hydrogens is 184 g/mol. The van der Waals surface area contributed by atoms with Crippen molar-refractivity contribution in [3.05, 3.63) is 52.6 Å². The Morgan fingerprint density at radius 3 is 2.60 bits per heavy atom. The number of nitrogens with one attached hydrogen (secondary N) is 1. The molecule has 0 radical (unpaired) electrons. The van der Waals surface area contributed by atoms with Crippen molar-refractivity contribution >= 4 is 0 Å². The first-order chi connectivity index (χ1) is 7.18. The number of aromatic amines is 1. The molecule has 2 aromatic rings. The van der Waals surface area contributed by atoms with E-state index in [0.717, 1.165) is 6.42 Å². The van der Waals surface area contributed by atoms with Crippen LogP contribution in [0.5, 0.6) is 0 Å². The fourth-order valence-electron chi connectivity index (χ4n) is 1.79. The smallest absolute Gasteiger partial charge is 0.0921 e. The molecule has 1 heterocycles. The van der Waals surface area contributed by atoms with Crippen molar-refractivity contribution in [1.29, 1.82) is 0 Å². The fourth-order valence-corrected chi connectivity index (χ4v) is 1.79. The zero-order valence-corrected chi connectivity index (χ0v) is 9.46. The third kappa shape index (κ3) is 1.94. The molecule has 0 spiro atoms. The van der Waals surface area contributed by atoms with E-state index in [2.05, 4.69) is 42.9 Å². The Balaban J connectivity index is 2.34. The monoisotopic (exact) mass is 200 g/mol. The summed E-state index contributed by atoms with van der Waals surface area (Å²) >= 11 is 0. The van der Waals surface area contributed by atoms with Gasteiger partial charge in [0.15, 0.2) is 0 Å². The minimum absolute atomic E-state index is 0.937. The average molecular weight is 200 g/mol. The van der Waals surface area contributed by atoms with Gasteiger partial charge in [0, 0.05) is 18.3 Å². The molecule has 1 N–H and O–H groups in total. The first-order valence-electron chi connectivity index (χ1n) is 5.21. The highest BCUT2D eigenvalue weighted by Gasteiger charge is 2.04. The molecule has 0 bridgehead atoms. The third-order valence-electron chi connectivity index (χ3n) is 3.11. The number of H-pyrrole nitrogens is 1. The predicted octanol–water partition coefficient (Wildman–Crippen LogP) is 2.93. The van der Waals surface area contributed by atoms with Crippen molar-refractivity contribution in [1.82, 2.24) is 9.97 Å². The summed E-state index contributed by atoms with van der Waals surface area (Å²) in [6, 6.07) is 4.40. The van der Waals surface area contributed by atoms with Crippen molar-refractivity contribution in [2.75, 3.05) is 0 Å². The van der Waals surface area contributed by atoms with Crippen LogP contribution in [0.15, 0.2) is 24.7 Å². The van der Waals surface area contributed by atoms with Gasteiger partial charge < -0.3 is 4.98 Å². The molecule has 0 aliphatic heterocycles. The first-order valence-corrected chi connectivity index (χ1v) is 5.21. The predicted molar refractivity (Wildman–Crippen MR) is 62.0 cm³/mol. The standard InChI is InChI=1S/C13H16N2/c1-9-4-5-12(11(3)10(9)2)6-13-7-14-8-15-13/h4-5,7-8H,6H2,1-3H3,(H,14,15). The molecule has 78 valence electrons. The van der Waals surface area contributed by atoms with Crippen LogP contribution in [0.2, 0.25) is 0 Å². The normalized spacial score (nSPS) is 10.6. The van der Waals surface area contributed by atoms with Gasteiger partial charge in [-0.15, -0.1) is 0 Å². The molecule has 0 aliphatic rings. The fraction of sp³-hybridized carbons (Fsp3) is 0.308. The van der Waals surface area contributed by atoms with Gasteiger partial charge in [-0.3, -0.25) is 0 Å². The number of benzene rings is 1. The van der Waals surface area contributed by atoms with Gasteiger partial charge in [0.2, 0.25) is 0 Å². The number of aromatic nitrogens is 2. The van der Waals surface area contributed by atoms with Crippen LogP contribution in [-0.2, 0) is 6.42 Å². The minimum atomic E-state index is 0.937. The molecule has 2 nitrogen and oxygen atoms in total. The summed E-state index contributed by atoms with van der Waals surface area (Å²) in [5.74, 6) is 0. The van der Waals surface area contributed by atoms with Crippen molar-refractivity contribution in [3.63, 3.8) is 0 Å². The van der Waals surface area contributed by atoms with Crippen LogP contribution in [0.25, 0.3) is 0 Å². The van der Waals surface area contributed by atoms with E-state index in [4.69, 9.17) is 0 Å². The summed E-state index contributed by atoms with van der Waals surface area (Å²) in [6.07, 6.45) is 4.55. The third-order valence-corrected chi connectivity index (χ3v) is 3.11. The van der Waals surface area contributed by atoms with E-state index in [0.29, 0.717) is 0 Å². The van der Waals surface area contributed by atoms with Gasteiger partial charge in [0.25, 0.3) is 0 Å². The molecule has 1 aromatic heterocycles. The summed E-state index contributed by atoms with van der Waals surface area (Å²) < 4.78 is 0. The molecular formula is C13H16N2. The Labute approximate surface area is 90.4 Å². The molecule has 0 saturated heterocycles. The Hall–Kier alpha value is -1.57. The Bertz CT molecular complexity index is 456. The minimum Gasteiger partial charge on any atom is -0.348 e. The second kappa shape index (κ2) is 3.89. The van der Waals surface area contributed by atoms with Crippen LogP contribution in [0.3, 0.4) is 0 Å². The number of rotatable bonds is 2. The van der Waals surface area contributed by atoms with Gasteiger partial charge in [0.1, 0.15) is 0 Å². The van der Waals surface area contributed by atoms with E-state index in [1.807, 2.05) is 6.20 Å². The highest BCUT2D eigenvalue weighted by molar-refractivity contribution is 5.40. The molecule has 15 heavy (non-hydrogen) atoms. The molecule has 0 aliphatic carbocycles. The van der Waals surface area contributed by atoms with Crippen molar-refractivity contribution in [2.24, 2.45) is 0 Å². The molecule has 1 aromatic carbocycles. The van der Waals surface area contributed by atoms with E-state index in [1.165, 1.54) is 27.9 Å². The van der Waals surface area contributed by atoms with Gasteiger partial charge in [-0.05, 0) is 43.0 Å². The molecule has 0 fully saturated rings. The number of imidazole rings is 1. The lowest BCUT2D eigenvalue weighted by atomic mass is 9.96. The zero-order valence-electron chi connectivity index (χ0n) is 9.46. The average Bonchev–Trinajstić information content (AvgIpc) is 2.72. The zero-order chi connectivity index (χ0) is 10.8. The summed E-state index contributed by atoms with van der Waals surface area (Å²) in [5.41, 5.74) is 6.70. The second-order valence-corrected chi connectivity index (χ2v) is 4.05. The maximum Gasteiger partial charge on any atom is 0.0921 e. The lowest BCUT2D eigenvalue weighted by molar-refractivity contribution is 1.07. The highest BCUT2D eigenvalue weighted by Crippen LogP contribution is 2.19. The summed E-state index contributed by atoms with van der Waals surface area (Å²) in [5, 5.41) is 0. The molecule has 2 rings (SSSR count). The summed E-state index contributed by atoms with van der Waals surface area (Å²) in [4.78, 5) is 7.17. The maximum atomic E-state index is 4.03. The van der Waals surface area contributed by atoms with Crippen LogP contribution in [-0.4, -0.2) is 9.97 Å². The van der Waals surface area contributed by atoms with Crippen molar-refractivity contribution < 1.29 is 0 Å². The number of hydrogen-bond donors (Lipinski definition) is 1. The highest BCUT2D eigenvalue weighted by atomic mass is 14.9. The SMILES string of the molecule is Cc1ccc(Cc2cnc[nH]2)c(C)c1C. The summed E-state index contributed by atoms with van der Waals surface area (Å²) in [6.45, 7) is 6.53. The largest absolute Gasteiger partial charge is 0.348 e. The first kappa shape index (κ1) is 9.97. The van der Waals surface area contributed by atoms with Crippen molar-refractivity contribution in [2.45, 2.75) is 27.2 Å². The van der Waals surface area contributed by atoms with Gasteiger partial charge in [-0.25, -0.2) is 4.98 Å². The van der Waals surface area contributed by atoms with E-state index >= 15 is 0 Å². The number of nitrogens with zero attached hydrogens (tertiary/aromatic N) is 1. The van der Waals surface area contributed by atoms with E-state index < -0.39 is 0 Å². The molecule has 0 atom stereocenters. The topological polar surface area (TPSA) is 28.7 Å². The van der Waals surface area contributed by atoms with Crippen LogP contribution in [0.4, 0.5) is 0 Å². The number of hydrogen-bond acceptors (Lipinski definition) is 1. The lowest BCUT2D eigenvalue weighted by Crippen LogP contribution is -1.96. The van der Waals surface area contributed by atoms with E-state index in [-0.39, 0.29) is 0 Å². The molecule has 0 amide bonds. The van der Waals surface area contributed by atoms with Gasteiger partial charge >= 0.3 is 0 Å². The Morgan fingerprint density at radius 2 is 1.93 bits per heavy atom. The van der Waals surface area contributed by atoms with Crippen LogP contribution in [0, 0.1) is 20.8 Å². The van der Waals surface area contributed by atoms with Crippen molar-refractivity contribution in [3.8, 4) is 0 Å². The quantitative estimate of drug-likeness (QED) is 0.793. The van der Waals surface area contributed by atoms with Gasteiger partial charge in [-0.1, -0.05) is 12.1 Å². The number of aryl methyl sites for hydroxylation is 1. The van der Waals surface area contributed by atoms with Crippen LogP contribution < -0.4 is 0 Å². The van der Waals surface area contributed by atoms with Crippen LogP contribution >= 0.6 is 0 Å². The molecule has 2 heteroatoms. The van der Waals surface area contributed by atoms with E-state index in [9.17, 15) is 0 Å². The molecule has 0 unspecified atom stereocenters. The van der Waals surface area contributed by atoms with Crippen LogP contribution in [0.1, 0.15) is 27.9 Å². The maximum absolute atomic E-state index is 4.03. The Morgan fingerprint density at radius 1 is 1.13 bits per heavy atom. The molecule has 0 saturated carbocycles. The Kier molecular flexibility index (Phi) is 2.58. The van der Waals surface area contributed by atoms with Gasteiger partial charge in [-0.2, -0.15) is 0 Å². The lowest BCUT2D eigenvalue weighted by Gasteiger charge is -2.10. The van der Waals surface area contributed by atoms with E-state index in [1.54, 1.807) is 6.33 Å². The second-order valence-electron chi connectivity index (χ2n) is 4.05. The summed E-state index contributed by atoms with van der Waals surface area (Å²) in [7, 11) is 0. The van der Waals surface area contributed by atoms with Gasteiger partial charge in [0.05, 0.1) is 6.33 Å².